The van der Waals surface area contributed by atoms with Gasteiger partial charge in [0.05, 0.1) is 27.4 Å². The first-order valence-electron chi connectivity index (χ1n) is 9.49. The van der Waals surface area contributed by atoms with Crippen LogP contribution in [-0.2, 0) is 6.54 Å². The van der Waals surface area contributed by atoms with E-state index < -0.39 is 6.10 Å². The molecule has 0 fully saturated rings. The van der Waals surface area contributed by atoms with Gasteiger partial charge in [-0.15, -0.1) is 0 Å². The number of aliphatic hydroxyl groups is 1. The molecule has 29 heavy (non-hydrogen) atoms. The predicted octanol–water partition coefficient (Wildman–Crippen LogP) is 4.20. The Morgan fingerprint density at radius 2 is 1.55 bits per heavy atom. The lowest BCUT2D eigenvalue weighted by Crippen LogP contribution is -2.21. The summed E-state index contributed by atoms with van der Waals surface area (Å²) in [5.74, 6) is 2.09. The van der Waals surface area contributed by atoms with Crippen molar-refractivity contribution in [2.75, 3.05) is 27.9 Å². The Morgan fingerprint density at radius 1 is 0.828 bits per heavy atom. The second kappa shape index (κ2) is 9.96. The first kappa shape index (κ1) is 20.7. The maximum absolute atomic E-state index is 10.5. The number of rotatable bonds is 9. The summed E-state index contributed by atoms with van der Waals surface area (Å²) in [5, 5.41) is 13.9. The summed E-state index contributed by atoms with van der Waals surface area (Å²) in [7, 11) is 4.88. The Morgan fingerprint density at radius 3 is 2.24 bits per heavy atom. The highest BCUT2D eigenvalue weighted by atomic mass is 16.5. The molecule has 3 rings (SSSR count). The van der Waals surface area contributed by atoms with Crippen LogP contribution in [-0.4, -0.2) is 33.0 Å². The Balaban J connectivity index is 1.78. The number of methoxy groups -OCH3 is 3. The fraction of sp³-hybridized carbons (Fsp3) is 0.250. The molecule has 3 aromatic carbocycles. The molecule has 0 aliphatic rings. The zero-order valence-corrected chi connectivity index (χ0v) is 17.0. The van der Waals surface area contributed by atoms with Crippen LogP contribution < -0.4 is 19.5 Å². The van der Waals surface area contributed by atoms with Crippen LogP contribution in [0.1, 0.15) is 17.2 Å². The number of aliphatic hydroxyl groups excluding tert-OH is 1. The van der Waals surface area contributed by atoms with Crippen molar-refractivity contribution >= 4 is 0 Å². The third-order valence-corrected chi connectivity index (χ3v) is 4.83. The summed E-state index contributed by atoms with van der Waals surface area (Å²) >= 11 is 0. The van der Waals surface area contributed by atoms with Gasteiger partial charge in [-0.25, -0.2) is 0 Å². The average molecular weight is 393 g/mol. The molecule has 3 aromatic rings. The van der Waals surface area contributed by atoms with Crippen molar-refractivity contribution in [3.63, 3.8) is 0 Å². The van der Waals surface area contributed by atoms with Crippen molar-refractivity contribution in [1.29, 1.82) is 0 Å². The summed E-state index contributed by atoms with van der Waals surface area (Å²) in [6.45, 7) is 0.987. The second-order valence-electron chi connectivity index (χ2n) is 6.65. The van der Waals surface area contributed by atoms with E-state index in [-0.39, 0.29) is 0 Å². The monoisotopic (exact) mass is 393 g/mol. The van der Waals surface area contributed by atoms with Gasteiger partial charge in [-0.05, 0) is 46.5 Å². The van der Waals surface area contributed by atoms with Crippen LogP contribution in [0.3, 0.4) is 0 Å². The van der Waals surface area contributed by atoms with Gasteiger partial charge in [-0.1, -0.05) is 42.5 Å². The van der Waals surface area contributed by atoms with Gasteiger partial charge in [0.2, 0.25) is 0 Å². The summed E-state index contributed by atoms with van der Waals surface area (Å²) in [4.78, 5) is 0. The summed E-state index contributed by atoms with van der Waals surface area (Å²) in [5.41, 5.74) is 4.03. The van der Waals surface area contributed by atoms with E-state index in [1.807, 2.05) is 54.6 Å². The van der Waals surface area contributed by atoms with E-state index in [4.69, 9.17) is 14.2 Å². The lowest BCUT2D eigenvalue weighted by atomic mass is 9.98. The van der Waals surface area contributed by atoms with Crippen molar-refractivity contribution in [3.8, 4) is 28.4 Å². The second-order valence-corrected chi connectivity index (χ2v) is 6.65. The molecule has 0 radical (unpaired) electrons. The molecule has 1 unspecified atom stereocenters. The Kier molecular flexibility index (Phi) is 7.11. The van der Waals surface area contributed by atoms with Crippen LogP contribution in [0.2, 0.25) is 0 Å². The number of benzene rings is 3. The number of hydrogen-bond acceptors (Lipinski definition) is 5. The zero-order valence-electron chi connectivity index (χ0n) is 17.0. The van der Waals surface area contributed by atoms with E-state index in [0.717, 1.165) is 28.0 Å². The molecule has 0 aliphatic heterocycles. The summed E-state index contributed by atoms with van der Waals surface area (Å²) < 4.78 is 16.2. The highest BCUT2D eigenvalue weighted by Crippen LogP contribution is 2.35. The molecule has 5 nitrogen and oxygen atoms in total. The van der Waals surface area contributed by atoms with E-state index in [9.17, 15) is 5.11 Å². The molecular weight excluding hydrogens is 366 g/mol. The van der Waals surface area contributed by atoms with Crippen LogP contribution in [0.5, 0.6) is 17.2 Å². The number of nitrogens with one attached hydrogen (secondary N) is 1. The largest absolute Gasteiger partial charge is 0.497 e. The van der Waals surface area contributed by atoms with Gasteiger partial charge in [0.15, 0.2) is 11.5 Å². The van der Waals surface area contributed by atoms with Gasteiger partial charge < -0.3 is 24.6 Å². The minimum absolute atomic E-state index is 0.412. The molecule has 0 aromatic heterocycles. The molecule has 2 N–H and O–H groups in total. The highest BCUT2D eigenvalue weighted by Gasteiger charge is 2.14. The smallest absolute Gasteiger partial charge is 0.161 e. The van der Waals surface area contributed by atoms with Crippen molar-refractivity contribution in [1.82, 2.24) is 5.32 Å². The van der Waals surface area contributed by atoms with Crippen LogP contribution >= 0.6 is 0 Å². The summed E-state index contributed by atoms with van der Waals surface area (Å²) in [6.07, 6.45) is -0.634. The number of ether oxygens (including phenoxy) is 3. The van der Waals surface area contributed by atoms with Crippen molar-refractivity contribution in [2.24, 2.45) is 0 Å². The minimum Gasteiger partial charge on any atom is -0.497 e. The van der Waals surface area contributed by atoms with Crippen molar-refractivity contribution in [2.45, 2.75) is 12.6 Å². The maximum Gasteiger partial charge on any atom is 0.161 e. The van der Waals surface area contributed by atoms with Crippen LogP contribution in [0.4, 0.5) is 0 Å². The molecule has 0 amide bonds. The number of hydrogen-bond donors (Lipinski definition) is 2. The Labute approximate surface area is 171 Å². The van der Waals surface area contributed by atoms with Gasteiger partial charge in [0.1, 0.15) is 5.75 Å². The first-order chi connectivity index (χ1) is 14.2. The molecule has 0 saturated carbocycles. The molecule has 0 bridgehead atoms. The molecule has 0 heterocycles. The third kappa shape index (κ3) is 5.08. The quantitative estimate of drug-likeness (QED) is 0.571. The topological polar surface area (TPSA) is 60.0 Å². The normalized spacial score (nSPS) is 11.7. The van der Waals surface area contributed by atoms with E-state index in [1.165, 1.54) is 0 Å². The lowest BCUT2D eigenvalue weighted by molar-refractivity contribution is 0.174. The first-order valence-corrected chi connectivity index (χ1v) is 9.49. The van der Waals surface area contributed by atoms with Crippen molar-refractivity contribution in [3.05, 3.63) is 77.9 Å². The molecule has 0 aliphatic carbocycles. The fourth-order valence-electron chi connectivity index (χ4n) is 3.26. The molecule has 1 atom stereocenters. The molecule has 0 spiro atoms. The standard InChI is InChI=1S/C24H27NO4/c1-27-20-11-7-10-18(12-20)22(26)16-25-15-19-13-23(28-2)24(29-3)14-21(19)17-8-5-4-6-9-17/h4-14,22,25-26H,15-16H2,1-3H3. The van der Waals surface area contributed by atoms with E-state index in [2.05, 4.69) is 17.4 Å². The lowest BCUT2D eigenvalue weighted by Gasteiger charge is -2.17. The van der Waals surface area contributed by atoms with Crippen molar-refractivity contribution < 1.29 is 19.3 Å². The van der Waals surface area contributed by atoms with E-state index >= 15 is 0 Å². The third-order valence-electron chi connectivity index (χ3n) is 4.83. The van der Waals surface area contributed by atoms with Gasteiger partial charge >= 0.3 is 0 Å². The molecule has 0 saturated heterocycles. The Hall–Kier alpha value is -3.02. The molecule has 152 valence electrons. The van der Waals surface area contributed by atoms with Gasteiger partial charge in [-0.2, -0.15) is 0 Å². The minimum atomic E-state index is -0.634. The van der Waals surface area contributed by atoms with E-state index in [1.54, 1.807) is 21.3 Å². The van der Waals surface area contributed by atoms with Crippen LogP contribution in [0.25, 0.3) is 11.1 Å². The average Bonchev–Trinajstić information content (AvgIpc) is 2.79. The van der Waals surface area contributed by atoms with Gasteiger partial charge in [-0.3, -0.25) is 0 Å². The zero-order chi connectivity index (χ0) is 20.6. The fourth-order valence-corrected chi connectivity index (χ4v) is 3.26. The van der Waals surface area contributed by atoms with Crippen LogP contribution in [0, 0.1) is 0 Å². The highest BCUT2D eigenvalue weighted by molar-refractivity contribution is 5.71. The van der Waals surface area contributed by atoms with E-state index in [0.29, 0.717) is 24.6 Å². The molecule has 5 heteroatoms. The SMILES string of the molecule is COc1cccc(C(O)CNCc2cc(OC)c(OC)cc2-c2ccccc2)c1. The van der Waals surface area contributed by atoms with Gasteiger partial charge in [0, 0.05) is 13.1 Å². The van der Waals surface area contributed by atoms with Crippen LogP contribution in [0.15, 0.2) is 66.7 Å². The molecular formula is C24H27NO4. The Bertz CT molecular complexity index is 927. The van der Waals surface area contributed by atoms with Gasteiger partial charge in [0.25, 0.3) is 0 Å². The predicted molar refractivity (Wildman–Crippen MR) is 115 cm³/mol. The maximum atomic E-state index is 10.5. The summed E-state index contributed by atoms with van der Waals surface area (Å²) in [6, 6.07) is 21.6.